The van der Waals surface area contributed by atoms with Crippen LogP contribution in [0.15, 0.2) is 29.2 Å². The molecule has 1 aliphatic rings. The van der Waals surface area contributed by atoms with E-state index >= 15 is 0 Å². The minimum absolute atomic E-state index is 0.0602. The molecule has 0 spiro atoms. The van der Waals surface area contributed by atoms with Crippen LogP contribution in [0.5, 0.6) is 11.5 Å². The van der Waals surface area contributed by atoms with E-state index in [9.17, 15) is 8.42 Å². The summed E-state index contributed by atoms with van der Waals surface area (Å²) in [5, 5.41) is 3.11. The maximum Gasteiger partial charge on any atom is 0.244 e. The Morgan fingerprint density at radius 1 is 1.03 bits per heavy atom. The number of aryl methyl sites for hydroxylation is 1. The Balaban J connectivity index is 1.60. The second-order valence-corrected chi connectivity index (χ2v) is 8.82. The number of sulfonamides is 1. The third kappa shape index (κ3) is 5.51. The first-order chi connectivity index (χ1) is 14.4. The summed E-state index contributed by atoms with van der Waals surface area (Å²) in [6.07, 6.45) is 3.59. The molecule has 0 saturated carbocycles. The van der Waals surface area contributed by atoms with Gasteiger partial charge in [-0.25, -0.2) is 18.1 Å². The zero-order chi connectivity index (χ0) is 21.6. The smallest absolute Gasteiger partial charge is 0.244 e. The van der Waals surface area contributed by atoms with Crippen LogP contribution in [0.25, 0.3) is 0 Å². The van der Waals surface area contributed by atoms with E-state index in [0.717, 1.165) is 24.6 Å². The molecule has 0 bridgehead atoms. The molecule has 3 rings (SSSR count). The zero-order valence-corrected chi connectivity index (χ0v) is 18.5. The summed E-state index contributed by atoms with van der Waals surface area (Å²) in [5.41, 5.74) is 0.872. The summed E-state index contributed by atoms with van der Waals surface area (Å²) in [6, 6.07) is 6.56. The fourth-order valence-corrected chi connectivity index (χ4v) is 4.53. The first-order valence-electron chi connectivity index (χ1n) is 9.99. The molecule has 9 nitrogen and oxygen atoms in total. The van der Waals surface area contributed by atoms with Gasteiger partial charge >= 0.3 is 0 Å². The highest BCUT2D eigenvalue weighted by Gasteiger charge is 2.20. The molecule has 30 heavy (non-hydrogen) atoms. The summed E-state index contributed by atoms with van der Waals surface area (Å²) in [5.74, 6) is 2.15. The fourth-order valence-electron chi connectivity index (χ4n) is 3.35. The highest BCUT2D eigenvalue weighted by atomic mass is 32.2. The fraction of sp³-hybridized carbons (Fsp3) is 0.500. The van der Waals surface area contributed by atoms with E-state index in [1.807, 2.05) is 13.0 Å². The number of rotatable bonds is 9. The Bertz CT molecular complexity index is 962. The number of anilines is 2. The minimum atomic E-state index is -3.74. The molecule has 1 aromatic carbocycles. The van der Waals surface area contributed by atoms with Gasteiger partial charge in [0.15, 0.2) is 0 Å². The quantitative estimate of drug-likeness (QED) is 0.578. The number of ether oxygens (including phenoxy) is 2. The molecule has 1 fully saturated rings. The van der Waals surface area contributed by atoms with Crippen LogP contribution in [0, 0.1) is 6.92 Å². The molecular weight excluding hydrogens is 406 g/mol. The van der Waals surface area contributed by atoms with E-state index in [2.05, 4.69) is 24.9 Å². The molecule has 2 aromatic rings. The SMILES string of the molecule is COc1ccc(S(=O)(=O)NCCNc2nc(C)cc(N3CCCCC3)n2)c(OC)c1. The lowest BCUT2D eigenvalue weighted by Crippen LogP contribution is -2.31. The molecule has 0 unspecified atom stereocenters. The predicted molar refractivity (Wildman–Crippen MR) is 116 cm³/mol. The summed E-state index contributed by atoms with van der Waals surface area (Å²) in [6.45, 7) is 4.45. The zero-order valence-electron chi connectivity index (χ0n) is 17.6. The first-order valence-corrected chi connectivity index (χ1v) is 11.5. The summed E-state index contributed by atoms with van der Waals surface area (Å²) in [4.78, 5) is 11.3. The van der Waals surface area contributed by atoms with Crippen LogP contribution >= 0.6 is 0 Å². The molecule has 0 amide bonds. The van der Waals surface area contributed by atoms with Crippen LogP contribution in [0.4, 0.5) is 11.8 Å². The number of hydrogen-bond donors (Lipinski definition) is 2. The van der Waals surface area contributed by atoms with Gasteiger partial charge in [-0.2, -0.15) is 4.98 Å². The van der Waals surface area contributed by atoms with Crippen LogP contribution in [0.3, 0.4) is 0 Å². The summed E-state index contributed by atoms with van der Waals surface area (Å²) >= 11 is 0. The van der Waals surface area contributed by atoms with Crippen molar-refractivity contribution in [1.82, 2.24) is 14.7 Å². The average molecular weight is 436 g/mol. The lowest BCUT2D eigenvalue weighted by molar-refractivity contribution is 0.386. The van der Waals surface area contributed by atoms with Crippen molar-refractivity contribution in [2.45, 2.75) is 31.1 Å². The van der Waals surface area contributed by atoms with Crippen molar-refractivity contribution in [3.63, 3.8) is 0 Å². The average Bonchev–Trinajstić information content (AvgIpc) is 2.76. The summed E-state index contributed by atoms with van der Waals surface area (Å²) in [7, 11) is -0.804. The number of piperidine rings is 1. The first kappa shape index (κ1) is 22.1. The lowest BCUT2D eigenvalue weighted by Gasteiger charge is -2.28. The lowest BCUT2D eigenvalue weighted by atomic mass is 10.1. The van der Waals surface area contributed by atoms with Crippen molar-refractivity contribution in [1.29, 1.82) is 0 Å². The molecule has 1 aromatic heterocycles. The molecule has 0 atom stereocenters. The topological polar surface area (TPSA) is 106 Å². The molecule has 1 aliphatic heterocycles. The van der Waals surface area contributed by atoms with Crippen LogP contribution in [0.1, 0.15) is 25.0 Å². The molecular formula is C20H29N5O4S. The predicted octanol–water partition coefficient (Wildman–Crippen LogP) is 2.18. The number of nitrogens with one attached hydrogen (secondary N) is 2. The van der Waals surface area contributed by atoms with Gasteiger partial charge in [0.1, 0.15) is 22.2 Å². The van der Waals surface area contributed by atoms with Gasteiger partial charge in [-0.15, -0.1) is 0 Å². The van der Waals surface area contributed by atoms with Gasteiger partial charge < -0.3 is 19.7 Å². The van der Waals surface area contributed by atoms with Crippen LogP contribution in [0.2, 0.25) is 0 Å². The van der Waals surface area contributed by atoms with Crippen molar-refractivity contribution in [2.24, 2.45) is 0 Å². The van der Waals surface area contributed by atoms with Crippen molar-refractivity contribution in [3.8, 4) is 11.5 Å². The molecule has 2 N–H and O–H groups in total. The van der Waals surface area contributed by atoms with E-state index in [1.54, 1.807) is 6.07 Å². The van der Waals surface area contributed by atoms with E-state index in [4.69, 9.17) is 9.47 Å². The normalized spacial score (nSPS) is 14.4. The Morgan fingerprint density at radius 3 is 2.50 bits per heavy atom. The molecule has 0 aliphatic carbocycles. The van der Waals surface area contributed by atoms with Gasteiger partial charge in [0.25, 0.3) is 0 Å². The van der Waals surface area contributed by atoms with Crippen LogP contribution < -0.4 is 24.4 Å². The Morgan fingerprint density at radius 2 is 1.80 bits per heavy atom. The maximum atomic E-state index is 12.6. The largest absolute Gasteiger partial charge is 0.497 e. The van der Waals surface area contributed by atoms with E-state index in [1.165, 1.54) is 45.6 Å². The second-order valence-electron chi connectivity index (χ2n) is 7.08. The van der Waals surface area contributed by atoms with Gasteiger partial charge in [0.2, 0.25) is 16.0 Å². The Labute approximate surface area is 177 Å². The van der Waals surface area contributed by atoms with Crippen molar-refractivity contribution < 1.29 is 17.9 Å². The van der Waals surface area contributed by atoms with Crippen LogP contribution in [-0.2, 0) is 10.0 Å². The van der Waals surface area contributed by atoms with Gasteiger partial charge in [0, 0.05) is 44.0 Å². The number of benzene rings is 1. The Kier molecular flexibility index (Phi) is 7.33. The number of methoxy groups -OCH3 is 2. The number of aromatic nitrogens is 2. The number of hydrogen-bond acceptors (Lipinski definition) is 8. The van der Waals surface area contributed by atoms with Gasteiger partial charge in [-0.05, 0) is 38.3 Å². The van der Waals surface area contributed by atoms with E-state index in [0.29, 0.717) is 18.2 Å². The van der Waals surface area contributed by atoms with Gasteiger partial charge in [-0.3, -0.25) is 0 Å². The standard InChI is InChI=1S/C20H29N5O4S/c1-15-13-19(25-11-5-4-6-12-25)24-20(23-15)21-9-10-22-30(26,27)18-8-7-16(28-2)14-17(18)29-3/h7-8,13-14,22H,4-6,9-12H2,1-3H3,(H,21,23,24). The highest BCUT2D eigenvalue weighted by Crippen LogP contribution is 2.28. The highest BCUT2D eigenvalue weighted by molar-refractivity contribution is 7.89. The summed E-state index contributed by atoms with van der Waals surface area (Å²) < 4.78 is 38.2. The molecule has 2 heterocycles. The van der Waals surface area contributed by atoms with E-state index < -0.39 is 10.0 Å². The van der Waals surface area contributed by atoms with Crippen molar-refractivity contribution in [3.05, 3.63) is 30.0 Å². The minimum Gasteiger partial charge on any atom is -0.497 e. The van der Waals surface area contributed by atoms with Crippen molar-refractivity contribution in [2.75, 3.05) is 50.6 Å². The van der Waals surface area contributed by atoms with Gasteiger partial charge in [0.05, 0.1) is 14.2 Å². The van der Waals surface area contributed by atoms with E-state index in [-0.39, 0.29) is 17.2 Å². The third-order valence-electron chi connectivity index (χ3n) is 4.88. The van der Waals surface area contributed by atoms with Gasteiger partial charge in [-0.1, -0.05) is 0 Å². The van der Waals surface area contributed by atoms with Crippen LogP contribution in [-0.4, -0.2) is 58.8 Å². The molecule has 10 heteroatoms. The second kappa shape index (κ2) is 9.94. The third-order valence-corrected chi connectivity index (χ3v) is 6.38. The van der Waals surface area contributed by atoms with Crippen molar-refractivity contribution >= 4 is 21.8 Å². The number of nitrogens with zero attached hydrogens (tertiary/aromatic N) is 3. The molecule has 1 saturated heterocycles. The Hall–Kier alpha value is -2.59. The monoisotopic (exact) mass is 435 g/mol. The molecule has 164 valence electrons. The molecule has 0 radical (unpaired) electrons. The maximum absolute atomic E-state index is 12.6.